The Morgan fingerprint density at radius 3 is 2.67 bits per heavy atom. The molecule has 1 amide bonds. The normalized spacial score (nSPS) is 21.4. The Balaban J connectivity index is 1.66. The average Bonchev–Trinajstić information content (AvgIpc) is 3.08. The molecule has 3 N–H and O–H groups in total. The average molecular weight is 285 g/mol. The molecule has 0 saturated heterocycles. The number of aryl methyl sites for hydroxylation is 1. The van der Waals surface area contributed by atoms with Gasteiger partial charge in [-0.1, -0.05) is 12.1 Å². The van der Waals surface area contributed by atoms with Gasteiger partial charge in [-0.05, 0) is 31.4 Å². The van der Waals surface area contributed by atoms with E-state index >= 15 is 0 Å². The van der Waals surface area contributed by atoms with Gasteiger partial charge in [0.25, 0.3) is 0 Å². The molecule has 21 heavy (non-hydrogen) atoms. The van der Waals surface area contributed by atoms with Crippen LogP contribution in [0.2, 0.25) is 0 Å². The fraction of sp³-hybridized carbons (Fsp3) is 0.375. The zero-order chi connectivity index (χ0) is 14.8. The minimum absolute atomic E-state index is 0.0397. The highest BCUT2D eigenvalue weighted by molar-refractivity contribution is 5.93. The second kappa shape index (κ2) is 5.69. The van der Waals surface area contributed by atoms with Gasteiger partial charge in [-0.2, -0.15) is 0 Å². The summed E-state index contributed by atoms with van der Waals surface area (Å²) in [5.41, 5.74) is 8.41. The van der Waals surface area contributed by atoms with Gasteiger partial charge in [0, 0.05) is 30.1 Å². The lowest BCUT2D eigenvalue weighted by Gasteiger charge is -2.11. The van der Waals surface area contributed by atoms with E-state index < -0.39 is 0 Å². The van der Waals surface area contributed by atoms with Crippen molar-refractivity contribution in [1.29, 1.82) is 0 Å². The largest absolute Gasteiger partial charge is 0.449 e. The summed E-state index contributed by atoms with van der Waals surface area (Å²) in [6.07, 6.45) is 4.22. The van der Waals surface area contributed by atoms with E-state index in [1.54, 1.807) is 6.26 Å². The number of aromatic nitrogens is 1. The number of nitrogens with two attached hydrogens (primary N) is 1. The molecule has 1 saturated carbocycles. The number of hydrogen-bond acceptors (Lipinski definition) is 4. The molecule has 0 bridgehead atoms. The van der Waals surface area contributed by atoms with Crippen molar-refractivity contribution in [2.75, 3.05) is 5.32 Å². The number of anilines is 1. The van der Waals surface area contributed by atoms with Crippen LogP contribution in [0.15, 0.2) is 34.9 Å². The third kappa shape index (κ3) is 3.13. The summed E-state index contributed by atoms with van der Waals surface area (Å²) in [5.74, 6) is 0.741. The molecule has 110 valence electrons. The maximum Gasteiger partial charge on any atom is 0.227 e. The van der Waals surface area contributed by atoms with Crippen molar-refractivity contribution in [1.82, 2.24) is 4.98 Å². The number of benzene rings is 1. The predicted octanol–water partition coefficient (Wildman–Crippen LogP) is 2.72. The fourth-order valence-corrected chi connectivity index (χ4v) is 2.72. The van der Waals surface area contributed by atoms with Crippen LogP contribution in [0.1, 0.15) is 25.2 Å². The quantitative estimate of drug-likeness (QED) is 0.908. The van der Waals surface area contributed by atoms with Gasteiger partial charge in [0.05, 0.1) is 0 Å². The minimum Gasteiger partial charge on any atom is -0.449 e. The Morgan fingerprint density at radius 2 is 2.10 bits per heavy atom. The van der Waals surface area contributed by atoms with Gasteiger partial charge in [-0.25, -0.2) is 4.98 Å². The molecule has 2 aromatic rings. The molecule has 1 aliphatic carbocycles. The highest BCUT2D eigenvalue weighted by Crippen LogP contribution is 2.26. The first-order valence-corrected chi connectivity index (χ1v) is 7.21. The Kier molecular flexibility index (Phi) is 3.75. The van der Waals surface area contributed by atoms with E-state index in [0.717, 1.165) is 36.2 Å². The molecule has 1 aromatic heterocycles. The molecule has 0 spiro atoms. The van der Waals surface area contributed by atoms with Crippen molar-refractivity contribution in [2.45, 2.75) is 32.2 Å². The number of amides is 1. The van der Waals surface area contributed by atoms with Crippen molar-refractivity contribution < 1.29 is 9.21 Å². The summed E-state index contributed by atoms with van der Waals surface area (Å²) in [4.78, 5) is 16.4. The van der Waals surface area contributed by atoms with E-state index in [0.29, 0.717) is 5.89 Å². The molecule has 2 atom stereocenters. The predicted molar refractivity (Wildman–Crippen MR) is 80.6 cm³/mol. The Bertz CT molecular complexity index is 633. The van der Waals surface area contributed by atoms with Crippen molar-refractivity contribution in [3.8, 4) is 11.3 Å². The SMILES string of the molecule is Cc1nc(-c2ccc(NC(=O)C3CCC(N)C3)cc2)co1. The summed E-state index contributed by atoms with van der Waals surface area (Å²) in [6.45, 7) is 1.81. The van der Waals surface area contributed by atoms with E-state index in [1.165, 1.54) is 0 Å². The molecule has 1 heterocycles. The van der Waals surface area contributed by atoms with Crippen LogP contribution in [0, 0.1) is 12.8 Å². The molecule has 1 fully saturated rings. The third-order valence-electron chi connectivity index (χ3n) is 3.91. The van der Waals surface area contributed by atoms with Crippen molar-refractivity contribution in [2.24, 2.45) is 11.7 Å². The monoisotopic (exact) mass is 285 g/mol. The van der Waals surface area contributed by atoms with Crippen LogP contribution in [-0.2, 0) is 4.79 Å². The zero-order valence-electron chi connectivity index (χ0n) is 12.0. The second-order valence-corrected chi connectivity index (χ2v) is 5.59. The van der Waals surface area contributed by atoms with Crippen LogP contribution < -0.4 is 11.1 Å². The van der Waals surface area contributed by atoms with Gasteiger partial charge in [-0.3, -0.25) is 4.79 Å². The molecule has 3 rings (SSSR count). The molecule has 1 aliphatic rings. The number of oxazole rings is 1. The zero-order valence-corrected chi connectivity index (χ0v) is 12.0. The van der Waals surface area contributed by atoms with Crippen LogP contribution in [0.25, 0.3) is 11.3 Å². The number of rotatable bonds is 3. The van der Waals surface area contributed by atoms with Crippen LogP contribution in [-0.4, -0.2) is 16.9 Å². The second-order valence-electron chi connectivity index (χ2n) is 5.59. The van der Waals surface area contributed by atoms with Crippen molar-refractivity contribution in [3.63, 3.8) is 0 Å². The third-order valence-corrected chi connectivity index (χ3v) is 3.91. The number of hydrogen-bond donors (Lipinski definition) is 2. The smallest absolute Gasteiger partial charge is 0.227 e. The van der Waals surface area contributed by atoms with Crippen LogP contribution >= 0.6 is 0 Å². The highest BCUT2D eigenvalue weighted by Gasteiger charge is 2.27. The fourth-order valence-electron chi connectivity index (χ4n) is 2.72. The first-order chi connectivity index (χ1) is 10.1. The van der Waals surface area contributed by atoms with Gasteiger partial charge in [0.15, 0.2) is 5.89 Å². The standard InChI is InChI=1S/C16H19N3O2/c1-10-18-15(9-21-10)11-3-6-14(7-4-11)19-16(20)12-2-5-13(17)8-12/h3-4,6-7,9,12-13H,2,5,8,17H2,1H3,(H,19,20). The Labute approximate surface area is 123 Å². The van der Waals surface area contributed by atoms with Crippen molar-refractivity contribution >= 4 is 11.6 Å². The molecular formula is C16H19N3O2. The minimum atomic E-state index is 0.0397. The van der Waals surface area contributed by atoms with E-state index in [9.17, 15) is 4.79 Å². The van der Waals surface area contributed by atoms with Crippen LogP contribution in [0.5, 0.6) is 0 Å². The van der Waals surface area contributed by atoms with Crippen molar-refractivity contribution in [3.05, 3.63) is 36.4 Å². The summed E-state index contributed by atoms with van der Waals surface area (Å²) < 4.78 is 5.20. The molecule has 0 aliphatic heterocycles. The van der Waals surface area contributed by atoms with Crippen LogP contribution in [0.4, 0.5) is 5.69 Å². The summed E-state index contributed by atoms with van der Waals surface area (Å²) in [5, 5.41) is 2.95. The molecular weight excluding hydrogens is 266 g/mol. The first kappa shape index (κ1) is 13.8. The molecule has 1 aromatic carbocycles. The summed E-state index contributed by atoms with van der Waals surface area (Å²) in [7, 11) is 0. The highest BCUT2D eigenvalue weighted by atomic mass is 16.3. The molecule has 2 unspecified atom stereocenters. The number of nitrogens with zero attached hydrogens (tertiary/aromatic N) is 1. The van der Waals surface area contributed by atoms with Gasteiger partial charge in [-0.15, -0.1) is 0 Å². The lowest BCUT2D eigenvalue weighted by atomic mass is 10.1. The first-order valence-electron chi connectivity index (χ1n) is 7.21. The number of carbonyl (C=O) groups excluding carboxylic acids is 1. The van der Waals surface area contributed by atoms with E-state index in [4.69, 9.17) is 10.2 Å². The van der Waals surface area contributed by atoms with Gasteiger partial charge in [0.2, 0.25) is 5.91 Å². The molecule has 5 nitrogen and oxygen atoms in total. The summed E-state index contributed by atoms with van der Waals surface area (Å²) >= 11 is 0. The molecule has 0 radical (unpaired) electrons. The van der Waals surface area contributed by atoms with E-state index in [1.807, 2.05) is 31.2 Å². The summed E-state index contributed by atoms with van der Waals surface area (Å²) in [6, 6.07) is 7.78. The lowest BCUT2D eigenvalue weighted by Crippen LogP contribution is -2.23. The maximum atomic E-state index is 12.1. The van der Waals surface area contributed by atoms with Gasteiger partial charge in [0.1, 0.15) is 12.0 Å². The Morgan fingerprint density at radius 1 is 1.33 bits per heavy atom. The van der Waals surface area contributed by atoms with E-state index in [-0.39, 0.29) is 17.9 Å². The van der Waals surface area contributed by atoms with E-state index in [2.05, 4.69) is 10.3 Å². The lowest BCUT2D eigenvalue weighted by molar-refractivity contribution is -0.119. The van der Waals surface area contributed by atoms with Gasteiger partial charge < -0.3 is 15.5 Å². The van der Waals surface area contributed by atoms with Crippen LogP contribution in [0.3, 0.4) is 0 Å². The molecule has 5 heteroatoms. The number of carbonyl (C=O) groups is 1. The van der Waals surface area contributed by atoms with Gasteiger partial charge >= 0.3 is 0 Å². The topological polar surface area (TPSA) is 81.2 Å². The maximum absolute atomic E-state index is 12.1. The number of nitrogens with one attached hydrogen (secondary N) is 1. The Hall–Kier alpha value is -2.14.